The van der Waals surface area contributed by atoms with Crippen LogP contribution in [0.2, 0.25) is 0 Å². The molecule has 4 fully saturated rings. The Morgan fingerprint density at radius 1 is 0.642 bits per heavy atom. The molecule has 0 aliphatic carbocycles. The van der Waals surface area contributed by atoms with E-state index in [1.54, 1.807) is 0 Å². The highest BCUT2D eigenvalue weighted by atomic mass is 16.8. The van der Waals surface area contributed by atoms with Crippen LogP contribution in [0.4, 0.5) is 0 Å². The summed E-state index contributed by atoms with van der Waals surface area (Å²) in [6.07, 6.45) is -39.3. The molecular weight excluding hydrogens is 922 g/mol. The second kappa shape index (κ2) is 23.4. The van der Waals surface area contributed by atoms with E-state index in [0.29, 0.717) is 0 Å². The van der Waals surface area contributed by atoms with Crippen molar-refractivity contribution in [2.75, 3.05) is 33.0 Å². The highest BCUT2D eigenvalue weighted by Crippen LogP contribution is 2.40. The summed E-state index contributed by atoms with van der Waals surface area (Å²) in [6.45, 7) is -4.08. The maximum atomic E-state index is 13.2. The van der Waals surface area contributed by atoms with Crippen LogP contribution in [0.3, 0.4) is 0 Å². The number of hydrogen-bond donors (Lipinski definition) is 19. The maximum Gasteiger partial charge on any atom is 0.364 e. The number of aliphatic hydroxyl groups excluding tert-OH is 14. The fourth-order valence-corrected chi connectivity index (χ4v) is 8.16. The molecule has 4 saturated heterocycles. The summed E-state index contributed by atoms with van der Waals surface area (Å²) in [7, 11) is 0. The SMILES string of the molecule is CC(=O)N[C@H]1[C@H]([C@H](O)[C@H](O)CO)O[C@@](O[C@H](CO)[C@@H](O)[C@@H]2O[C@@](O[C@H]3[C@@H](O)[C@@H](CO)O[C@@H](O[C@H]4[C@H](O)[C@@H](NC(C)=O)C(O)O[C@@H]4CO)[C@@H]3O)(C(=O)O)C[C@H](O)[C@H]2NC(=O)CO)(C(=O)O)C[C@@H]1O. The number of rotatable bonds is 20. The van der Waals surface area contributed by atoms with Gasteiger partial charge in [0.1, 0.15) is 92.0 Å². The molecule has 4 rings (SSSR count). The quantitative estimate of drug-likeness (QED) is 0.0538. The van der Waals surface area contributed by atoms with E-state index in [1.165, 1.54) is 0 Å². The fraction of sp³-hybridized carbons (Fsp3) is 0.861. The van der Waals surface area contributed by atoms with Gasteiger partial charge in [-0.05, 0) is 0 Å². The van der Waals surface area contributed by atoms with Gasteiger partial charge in [0.2, 0.25) is 17.7 Å². The lowest BCUT2D eigenvalue weighted by molar-refractivity contribution is -0.384. The van der Waals surface area contributed by atoms with Gasteiger partial charge in [0.05, 0.1) is 50.7 Å². The van der Waals surface area contributed by atoms with Gasteiger partial charge in [-0.25, -0.2) is 9.59 Å². The zero-order valence-corrected chi connectivity index (χ0v) is 35.6. The van der Waals surface area contributed by atoms with Crippen molar-refractivity contribution in [1.29, 1.82) is 0 Å². The van der Waals surface area contributed by atoms with Crippen molar-refractivity contribution < 1.29 is 139 Å². The number of carboxylic acids is 2. The molecule has 0 bridgehead atoms. The van der Waals surface area contributed by atoms with Crippen molar-refractivity contribution in [2.45, 2.75) is 161 Å². The number of aliphatic hydroxyl groups is 14. The lowest BCUT2D eigenvalue weighted by Crippen LogP contribution is -2.72. The molecule has 19 N–H and O–H groups in total. The van der Waals surface area contributed by atoms with E-state index in [0.717, 1.165) is 13.8 Å². The first-order valence-corrected chi connectivity index (χ1v) is 20.5. The minimum atomic E-state index is -3.41. The normalized spacial score (nSPS) is 41.0. The monoisotopic (exact) mass is 981 g/mol. The number of hydrogen-bond acceptors (Lipinski definition) is 26. The third kappa shape index (κ3) is 12.3. The Labute approximate surface area is 377 Å². The van der Waals surface area contributed by atoms with Gasteiger partial charge in [0.15, 0.2) is 12.6 Å². The number of carbonyl (C=O) groups excluding carboxylic acids is 3. The molecule has 67 heavy (non-hydrogen) atoms. The molecule has 0 saturated carbocycles. The van der Waals surface area contributed by atoms with E-state index in [4.69, 9.17) is 33.2 Å². The van der Waals surface area contributed by atoms with Gasteiger partial charge in [-0.1, -0.05) is 0 Å². The van der Waals surface area contributed by atoms with E-state index in [-0.39, 0.29) is 0 Å². The molecule has 386 valence electrons. The first-order chi connectivity index (χ1) is 31.3. The fourth-order valence-electron chi connectivity index (χ4n) is 8.16. The predicted octanol–water partition coefficient (Wildman–Crippen LogP) is -11.9. The van der Waals surface area contributed by atoms with Crippen LogP contribution in [0, 0.1) is 0 Å². The third-order valence-corrected chi connectivity index (χ3v) is 11.5. The van der Waals surface area contributed by atoms with Crippen molar-refractivity contribution in [2.24, 2.45) is 0 Å². The average Bonchev–Trinajstić information content (AvgIpc) is 3.27. The Morgan fingerprint density at radius 3 is 1.67 bits per heavy atom. The topological polar surface area (TPSA) is 510 Å². The number of carbonyl (C=O) groups is 5. The first-order valence-electron chi connectivity index (χ1n) is 20.5. The Balaban J connectivity index is 1.73. The van der Waals surface area contributed by atoms with E-state index in [1.807, 2.05) is 5.32 Å². The van der Waals surface area contributed by atoms with Crippen molar-refractivity contribution in [3.8, 4) is 0 Å². The van der Waals surface area contributed by atoms with Crippen molar-refractivity contribution in [3.05, 3.63) is 0 Å². The van der Waals surface area contributed by atoms with Gasteiger partial charge in [-0.2, -0.15) is 0 Å². The minimum Gasteiger partial charge on any atom is -0.477 e. The van der Waals surface area contributed by atoms with E-state index in [9.17, 15) is 106 Å². The largest absolute Gasteiger partial charge is 0.477 e. The van der Waals surface area contributed by atoms with E-state index >= 15 is 0 Å². The molecule has 1 unspecified atom stereocenters. The van der Waals surface area contributed by atoms with Crippen molar-refractivity contribution in [3.63, 3.8) is 0 Å². The highest BCUT2D eigenvalue weighted by Gasteiger charge is 2.62. The number of carboxylic acid groups (broad SMARTS) is 2. The summed E-state index contributed by atoms with van der Waals surface area (Å²) < 4.78 is 38.8. The predicted molar refractivity (Wildman–Crippen MR) is 204 cm³/mol. The number of nitrogens with one attached hydrogen (secondary N) is 3. The molecule has 0 aromatic heterocycles. The molecule has 0 aromatic rings. The van der Waals surface area contributed by atoms with Gasteiger partial charge in [0.25, 0.3) is 11.6 Å². The van der Waals surface area contributed by atoms with Gasteiger partial charge in [0, 0.05) is 26.7 Å². The molecule has 31 heteroatoms. The summed E-state index contributed by atoms with van der Waals surface area (Å²) in [5, 5.41) is 177. The summed E-state index contributed by atoms with van der Waals surface area (Å²) in [5.74, 6) is -14.0. The third-order valence-electron chi connectivity index (χ3n) is 11.5. The van der Waals surface area contributed by atoms with Gasteiger partial charge < -0.3 is 131 Å². The molecule has 0 radical (unpaired) electrons. The Morgan fingerprint density at radius 2 is 1.16 bits per heavy atom. The van der Waals surface area contributed by atoms with Crippen LogP contribution < -0.4 is 16.0 Å². The smallest absolute Gasteiger partial charge is 0.364 e. The molecule has 31 nitrogen and oxygen atoms in total. The molecule has 4 aliphatic rings. The maximum absolute atomic E-state index is 13.2. The lowest BCUT2D eigenvalue weighted by atomic mass is 9.87. The molecule has 0 spiro atoms. The van der Waals surface area contributed by atoms with Crippen LogP contribution in [0.15, 0.2) is 0 Å². The van der Waals surface area contributed by atoms with E-state index in [2.05, 4.69) is 10.6 Å². The molecule has 22 atom stereocenters. The van der Waals surface area contributed by atoms with Crippen molar-refractivity contribution >= 4 is 29.7 Å². The second-order valence-corrected chi connectivity index (χ2v) is 16.2. The van der Waals surface area contributed by atoms with Crippen LogP contribution in [0.1, 0.15) is 26.7 Å². The Bertz CT molecular complexity index is 1700. The van der Waals surface area contributed by atoms with Crippen LogP contribution in [0.5, 0.6) is 0 Å². The number of ether oxygens (including phenoxy) is 7. The molecule has 4 aliphatic heterocycles. The first kappa shape index (κ1) is 56.1. The molecule has 4 heterocycles. The van der Waals surface area contributed by atoms with Crippen LogP contribution in [-0.4, -0.2) is 278 Å². The summed E-state index contributed by atoms with van der Waals surface area (Å²) in [4.78, 5) is 62.4. The summed E-state index contributed by atoms with van der Waals surface area (Å²) in [5.41, 5.74) is 0. The molecule has 0 aromatic carbocycles. The average molecular weight is 982 g/mol. The van der Waals surface area contributed by atoms with Crippen LogP contribution in [-0.2, 0) is 57.1 Å². The van der Waals surface area contributed by atoms with Crippen LogP contribution >= 0.6 is 0 Å². The van der Waals surface area contributed by atoms with Gasteiger partial charge >= 0.3 is 11.9 Å². The number of aliphatic carboxylic acids is 2. The second-order valence-electron chi connectivity index (χ2n) is 16.2. The molecular formula is C36H59N3O28. The summed E-state index contributed by atoms with van der Waals surface area (Å²) in [6, 6.07) is -5.38. The van der Waals surface area contributed by atoms with E-state index < -0.39 is 209 Å². The number of amides is 3. The lowest BCUT2D eigenvalue weighted by Gasteiger charge is -2.51. The van der Waals surface area contributed by atoms with Crippen LogP contribution in [0.25, 0.3) is 0 Å². The minimum absolute atomic E-state index is 0.770. The van der Waals surface area contributed by atoms with Crippen molar-refractivity contribution in [1.82, 2.24) is 16.0 Å². The zero-order chi connectivity index (χ0) is 50.5. The van der Waals surface area contributed by atoms with Gasteiger partial charge in [-0.15, -0.1) is 0 Å². The summed E-state index contributed by atoms with van der Waals surface area (Å²) >= 11 is 0. The Hall–Kier alpha value is -3.49. The highest BCUT2D eigenvalue weighted by molar-refractivity contribution is 5.78. The van der Waals surface area contributed by atoms with Gasteiger partial charge in [-0.3, -0.25) is 14.4 Å². The molecule has 3 amide bonds. The zero-order valence-electron chi connectivity index (χ0n) is 35.6. The standard InChI is InChI=1S/C36H59N3O28/c1-10(45)37-19-12(47)3-35(33(57)58,65-28(19)22(51)14(49)5-40)64-16(7-42)24(53)29-20(39-18(50)9-44)13(48)4-36(66-29,34(59)60)67-30-23(52)15(6-41)62-32(26(30)55)63-27-17(8-43)61-31(56)21(25(27)54)38-11(2)46/h12-17,19-32,40-44,47-49,51-56H,3-9H2,1-2H3,(H,37,45)(H,38,46)(H,39,50)(H,57,58)(H,59,60)/t12-,13-,14+,15+,16+,17+,19+,20+,21+,22+,23-,24+,25+,26+,27+,28+,29+,30-,31?,32-,35+,36-/m0/s1. The Kier molecular flexibility index (Phi) is 19.6.